The zero-order chi connectivity index (χ0) is 13.9. The number of aromatic nitrogens is 1. The number of rotatable bonds is 3. The van der Waals surface area contributed by atoms with Gasteiger partial charge < -0.3 is 11.1 Å². The van der Waals surface area contributed by atoms with Crippen molar-refractivity contribution in [2.24, 2.45) is 0 Å². The second-order valence-corrected chi connectivity index (χ2v) is 4.58. The molecule has 0 aliphatic rings. The summed E-state index contributed by atoms with van der Waals surface area (Å²) in [4.78, 5) is 4.29. The van der Waals surface area contributed by atoms with Gasteiger partial charge >= 0.3 is 0 Å². The van der Waals surface area contributed by atoms with Crippen LogP contribution in [0.15, 0.2) is 54.7 Å². The van der Waals surface area contributed by atoms with E-state index < -0.39 is 0 Å². The van der Waals surface area contributed by atoms with Crippen LogP contribution in [0.25, 0.3) is 10.9 Å². The molecule has 100 valence electrons. The van der Waals surface area contributed by atoms with Crippen molar-refractivity contribution in [2.45, 2.75) is 6.54 Å². The Labute approximate surface area is 116 Å². The number of hydrogen-bond donors (Lipinski definition) is 2. The summed E-state index contributed by atoms with van der Waals surface area (Å²) < 4.78 is 12.9. The molecule has 1 heterocycles. The third-order valence-electron chi connectivity index (χ3n) is 3.20. The van der Waals surface area contributed by atoms with E-state index in [9.17, 15) is 4.39 Å². The van der Waals surface area contributed by atoms with Crippen molar-refractivity contribution in [3.05, 3.63) is 66.1 Å². The van der Waals surface area contributed by atoms with Crippen LogP contribution in [0.1, 0.15) is 5.56 Å². The molecule has 0 radical (unpaired) electrons. The smallest absolute Gasteiger partial charge is 0.123 e. The molecule has 3 nitrogen and oxygen atoms in total. The van der Waals surface area contributed by atoms with Crippen molar-refractivity contribution < 1.29 is 4.39 Å². The molecular weight excluding hydrogens is 253 g/mol. The van der Waals surface area contributed by atoms with Crippen molar-refractivity contribution in [3.63, 3.8) is 0 Å². The molecule has 0 aliphatic carbocycles. The number of nitrogens with two attached hydrogens (primary N) is 1. The first-order chi connectivity index (χ1) is 9.74. The zero-order valence-electron chi connectivity index (χ0n) is 10.8. The van der Waals surface area contributed by atoms with Gasteiger partial charge in [-0.05, 0) is 42.0 Å². The number of benzene rings is 2. The van der Waals surface area contributed by atoms with Crippen molar-refractivity contribution in [1.29, 1.82) is 0 Å². The molecule has 3 rings (SSSR count). The van der Waals surface area contributed by atoms with Gasteiger partial charge in [-0.15, -0.1) is 0 Å². The molecule has 0 atom stereocenters. The standard InChI is InChI=1S/C16H14FN3/c17-12-5-3-11(4-6-12)10-20-15-8-7-14(18)16-13(15)2-1-9-19-16/h1-9,20H,10,18H2. The summed E-state index contributed by atoms with van der Waals surface area (Å²) in [6.07, 6.45) is 1.72. The molecule has 0 fully saturated rings. The van der Waals surface area contributed by atoms with E-state index in [0.29, 0.717) is 12.2 Å². The van der Waals surface area contributed by atoms with Crippen molar-refractivity contribution >= 4 is 22.3 Å². The lowest BCUT2D eigenvalue weighted by Gasteiger charge is -2.11. The Kier molecular flexibility index (Phi) is 3.21. The normalized spacial score (nSPS) is 10.7. The summed E-state index contributed by atoms with van der Waals surface area (Å²) in [7, 11) is 0. The van der Waals surface area contributed by atoms with E-state index in [-0.39, 0.29) is 5.82 Å². The molecule has 1 aromatic heterocycles. The van der Waals surface area contributed by atoms with E-state index in [2.05, 4.69) is 10.3 Å². The minimum absolute atomic E-state index is 0.226. The highest BCUT2D eigenvalue weighted by atomic mass is 19.1. The second kappa shape index (κ2) is 5.17. The molecular formula is C16H14FN3. The average molecular weight is 267 g/mol. The fourth-order valence-electron chi connectivity index (χ4n) is 2.15. The fourth-order valence-corrected chi connectivity index (χ4v) is 2.15. The third-order valence-corrected chi connectivity index (χ3v) is 3.20. The molecule has 0 spiro atoms. The van der Waals surface area contributed by atoms with Crippen molar-refractivity contribution in [3.8, 4) is 0 Å². The second-order valence-electron chi connectivity index (χ2n) is 4.58. The molecule has 3 aromatic rings. The number of pyridine rings is 1. The lowest BCUT2D eigenvalue weighted by molar-refractivity contribution is 0.627. The molecule has 20 heavy (non-hydrogen) atoms. The van der Waals surface area contributed by atoms with Crippen LogP contribution in [0.2, 0.25) is 0 Å². The summed E-state index contributed by atoms with van der Waals surface area (Å²) in [5, 5.41) is 4.31. The Morgan fingerprint density at radius 2 is 1.85 bits per heavy atom. The van der Waals surface area contributed by atoms with Gasteiger partial charge in [0.2, 0.25) is 0 Å². The number of nitrogens with one attached hydrogen (secondary N) is 1. The minimum Gasteiger partial charge on any atom is -0.397 e. The first-order valence-electron chi connectivity index (χ1n) is 6.35. The Bertz CT molecular complexity index is 738. The van der Waals surface area contributed by atoms with Gasteiger partial charge in [-0.2, -0.15) is 0 Å². The highest BCUT2D eigenvalue weighted by Crippen LogP contribution is 2.26. The van der Waals surface area contributed by atoms with E-state index in [1.54, 1.807) is 18.3 Å². The van der Waals surface area contributed by atoms with E-state index >= 15 is 0 Å². The SMILES string of the molecule is Nc1ccc(NCc2ccc(F)cc2)c2cccnc12. The van der Waals surface area contributed by atoms with Gasteiger partial charge in [0.05, 0.1) is 11.2 Å². The molecule has 0 saturated carbocycles. The lowest BCUT2D eigenvalue weighted by atomic mass is 10.1. The largest absolute Gasteiger partial charge is 0.397 e. The number of halogens is 1. The highest BCUT2D eigenvalue weighted by molar-refractivity contribution is 5.98. The molecule has 3 N–H and O–H groups in total. The number of fused-ring (bicyclic) bond motifs is 1. The van der Waals surface area contributed by atoms with Crippen LogP contribution in [0.4, 0.5) is 15.8 Å². The molecule has 0 saturated heterocycles. The fraction of sp³-hybridized carbons (Fsp3) is 0.0625. The topological polar surface area (TPSA) is 50.9 Å². The third kappa shape index (κ3) is 2.40. The Morgan fingerprint density at radius 1 is 1.05 bits per heavy atom. The highest BCUT2D eigenvalue weighted by Gasteiger charge is 2.04. The summed E-state index contributed by atoms with van der Waals surface area (Å²) in [5.41, 5.74) is 9.34. The number of nitrogen functional groups attached to an aromatic ring is 1. The van der Waals surface area contributed by atoms with Crippen molar-refractivity contribution in [2.75, 3.05) is 11.1 Å². The molecule has 4 heteroatoms. The number of anilines is 2. The first kappa shape index (κ1) is 12.4. The Balaban J connectivity index is 1.88. The molecule has 2 aromatic carbocycles. The van der Waals surface area contributed by atoms with Crippen LogP contribution in [0, 0.1) is 5.82 Å². The van der Waals surface area contributed by atoms with Crippen LogP contribution in [-0.4, -0.2) is 4.98 Å². The van der Waals surface area contributed by atoms with Gasteiger partial charge in [0.1, 0.15) is 5.82 Å². The maximum Gasteiger partial charge on any atom is 0.123 e. The maximum absolute atomic E-state index is 12.9. The van der Waals surface area contributed by atoms with Crippen LogP contribution in [0.3, 0.4) is 0 Å². The summed E-state index contributed by atoms with van der Waals surface area (Å²) in [5.74, 6) is -0.226. The van der Waals surface area contributed by atoms with E-state index in [1.807, 2.05) is 24.3 Å². The first-order valence-corrected chi connectivity index (χ1v) is 6.35. The summed E-state index contributed by atoms with van der Waals surface area (Å²) in [6, 6.07) is 14.1. The predicted octanol–water partition coefficient (Wildman–Crippen LogP) is 3.57. The van der Waals surface area contributed by atoms with Gasteiger partial charge in [-0.3, -0.25) is 4.98 Å². The van der Waals surface area contributed by atoms with Gasteiger partial charge in [0, 0.05) is 23.8 Å². The predicted molar refractivity (Wildman–Crippen MR) is 79.9 cm³/mol. The monoisotopic (exact) mass is 267 g/mol. The summed E-state index contributed by atoms with van der Waals surface area (Å²) >= 11 is 0. The maximum atomic E-state index is 12.9. The van der Waals surface area contributed by atoms with Gasteiger partial charge in [-0.25, -0.2) is 4.39 Å². The molecule has 0 amide bonds. The van der Waals surface area contributed by atoms with Crippen LogP contribution in [0.5, 0.6) is 0 Å². The minimum atomic E-state index is -0.226. The summed E-state index contributed by atoms with van der Waals surface area (Å²) in [6.45, 7) is 0.619. The van der Waals surface area contributed by atoms with Gasteiger partial charge in [0.15, 0.2) is 0 Å². The van der Waals surface area contributed by atoms with E-state index in [0.717, 1.165) is 22.2 Å². The number of nitrogens with zero attached hydrogens (tertiary/aromatic N) is 1. The van der Waals surface area contributed by atoms with Gasteiger partial charge in [0.25, 0.3) is 0 Å². The molecule has 0 bridgehead atoms. The van der Waals surface area contributed by atoms with Crippen LogP contribution in [-0.2, 0) is 6.54 Å². The van der Waals surface area contributed by atoms with Gasteiger partial charge in [-0.1, -0.05) is 12.1 Å². The number of hydrogen-bond acceptors (Lipinski definition) is 3. The average Bonchev–Trinajstić information content (AvgIpc) is 2.49. The Morgan fingerprint density at radius 3 is 2.65 bits per heavy atom. The quantitative estimate of drug-likeness (QED) is 0.713. The van der Waals surface area contributed by atoms with Crippen LogP contribution < -0.4 is 11.1 Å². The lowest BCUT2D eigenvalue weighted by Crippen LogP contribution is -2.01. The Hall–Kier alpha value is -2.62. The zero-order valence-corrected chi connectivity index (χ0v) is 10.8. The van der Waals surface area contributed by atoms with Crippen molar-refractivity contribution in [1.82, 2.24) is 4.98 Å². The van der Waals surface area contributed by atoms with E-state index in [1.165, 1.54) is 12.1 Å². The van der Waals surface area contributed by atoms with E-state index in [4.69, 9.17) is 5.73 Å². The molecule has 0 aliphatic heterocycles. The molecule has 0 unspecified atom stereocenters. The van der Waals surface area contributed by atoms with Crippen LogP contribution >= 0.6 is 0 Å².